The molecule has 0 aromatic carbocycles. The van der Waals surface area contributed by atoms with Gasteiger partial charge in [-0.05, 0) is 33.1 Å². The van der Waals surface area contributed by atoms with Crippen molar-refractivity contribution in [3.63, 3.8) is 0 Å². The maximum Gasteiger partial charge on any atom is 0.333 e. The number of aromatic nitrogens is 2. The summed E-state index contributed by atoms with van der Waals surface area (Å²) in [5.41, 5.74) is 3.00. The third-order valence-electron chi connectivity index (χ3n) is 5.40. The first-order valence-electron chi connectivity index (χ1n) is 10.7. The topological polar surface area (TPSA) is 136 Å². The molecule has 11 heteroatoms. The molecule has 0 saturated carbocycles. The molecular weight excluding hydrogens is 430 g/mol. The SMILES string of the molecule is CC(C)n1cnc2c1=NC(C1=CCCN=C1)NC=2NCCC1=CCC(OS(N)(=O)=O)C=C1. The number of dihydropyridines is 1. The Hall–Kier alpha value is -2.76. The van der Waals surface area contributed by atoms with E-state index in [1.165, 1.54) is 0 Å². The van der Waals surface area contributed by atoms with E-state index in [4.69, 9.17) is 14.3 Å². The molecule has 4 N–H and O–H groups in total. The molecular formula is C21H29N7O3S. The summed E-state index contributed by atoms with van der Waals surface area (Å²) in [6.45, 7) is 5.70. The summed E-state index contributed by atoms with van der Waals surface area (Å²) in [6.07, 6.45) is 12.8. The molecule has 1 aliphatic carbocycles. The molecule has 32 heavy (non-hydrogen) atoms. The number of hydrogen-bond acceptors (Lipinski definition) is 8. The number of hydrogen-bond donors (Lipinski definition) is 3. The zero-order valence-corrected chi connectivity index (χ0v) is 19.0. The van der Waals surface area contributed by atoms with Crippen LogP contribution < -0.4 is 26.6 Å². The van der Waals surface area contributed by atoms with Gasteiger partial charge in [0, 0.05) is 30.9 Å². The minimum absolute atomic E-state index is 0.215. The van der Waals surface area contributed by atoms with E-state index in [0.717, 1.165) is 47.2 Å². The van der Waals surface area contributed by atoms with Crippen LogP contribution in [0.25, 0.3) is 5.82 Å². The zero-order chi connectivity index (χ0) is 22.7. The zero-order valence-electron chi connectivity index (χ0n) is 18.2. The molecule has 3 aliphatic rings. The van der Waals surface area contributed by atoms with E-state index in [-0.39, 0.29) is 12.2 Å². The monoisotopic (exact) mass is 459 g/mol. The van der Waals surface area contributed by atoms with Crippen LogP contribution in [0, 0.1) is 0 Å². The Morgan fingerprint density at radius 1 is 1.38 bits per heavy atom. The summed E-state index contributed by atoms with van der Waals surface area (Å²) in [7, 11) is -3.96. The minimum atomic E-state index is -3.96. The second-order valence-electron chi connectivity index (χ2n) is 8.17. The van der Waals surface area contributed by atoms with Crippen LogP contribution in [0.5, 0.6) is 0 Å². The number of aliphatic imine (C=N–C) groups is 1. The summed E-state index contributed by atoms with van der Waals surface area (Å²) >= 11 is 0. The number of fused-ring (bicyclic) bond motifs is 1. The Labute approximate surface area is 187 Å². The number of rotatable bonds is 8. The van der Waals surface area contributed by atoms with Crippen molar-refractivity contribution >= 4 is 22.3 Å². The van der Waals surface area contributed by atoms with Crippen molar-refractivity contribution in [3.05, 3.63) is 52.6 Å². The number of imidazole rings is 1. The molecule has 1 aromatic heterocycles. The largest absolute Gasteiger partial charge is 0.370 e. The number of nitrogens with two attached hydrogens (primary N) is 1. The van der Waals surface area contributed by atoms with Crippen LogP contribution in [0.15, 0.2) is 51.8 Å². The van der Waals surface area contributed by atoms with Crippen LogP contribution in [-0.2, 0) is 14.5 Å². The maximum atomic E-state index is 11.1. The van der Waals surface area contributed by atoms with Gasteiger partial charge in [0.25, 0.3) is 0 Å². The highest BCUT2D eigenvalue weighted by molar-refractivity contribution is 7.84. The predicted molar refractivity (Wildman–Crippen MR) is 122 cm³/mol. The second kappa shape index (κ2) is 9.39. The van der Waals surface area contributed by atoms with Crippen molar-refractivity contribution in [2.24, 2.45) is 15.1 Å². The van der Waals surface area contributed by atoms with Crippen LogP contribution in [-0.4, -0.2) is 49.5 Å². The second-order valence-corrected chi connectivity index (χ2v) is 9.35. The Balaban J connectivity index is 1.46. The van der Waals surface area contributed by atoms with Gasteiger partial charge in [-0.25, -0.2) is 15.1 Å². The van der Waals surface area contributed by atoms with Gasteiger partial charge in [-0.3, -0.25) is 9.18 Å². The van der Waals surface area contributed by atoms with Crippen molar-refractivity contribution in [3.8, 4) is 0 Å². The van der Waals surface area contributed by atoms with Crippen LogP contribution in [0.3, 0.4) is 0 Å². The van der Waals surface area contributed by atoms with Gasteiger partial charge in [-0.1, -0.05) is 29.9 Å². The van der Waals surface area contributed by atoms with E-state index >= 15 is 0 Å². The summed E-state index contributed by atoms with van der Waals surface area (Å²) in [5, 5.41) is 12.7. The normalized spacial score (nSPS) is 22.7. The first kappa shape index (κ1) is 22.4. The van der Waals surface area contributed by atoms with Crippen LogP contribution in [0.1, 0.15) is 39.2 Å². The Bertz CT molecular complexity index is 1210. The molecule has 3 heterocycles. The smallest absolute Gasteiger partial charge is 0.333 e. The first-order chi connectivity index (χ1) is 15.3. The highest BCUT2D eigenvalue weighted by Crippen LogP contribution is 2.17. The van der Waals surface area contributed by atoms with Gasteiger partial charge < -0.3 is 15.2 Å². The van der Waals surface area contributed by atoms with Gasteiger partial charge in [0.15, 0.2) is 5.49 Å². The Morgan fingerprint density at radius 2 is 2.22 bits per heavy atom. The first-order valence-corrected chi connectivity index (χ1v) is 12.2. The van der Waals surface area contributed by atoms with Crippen molar-refractivity contribution in [2.45, 2.75) is 51.4 Å². The molecule has 2 unspecified atom stereocenters. The average Bonchev–Trinajstić information content (AvgIpc) is 3.19. The van der Waals surface area contributed by atoms with E-state index in [1.54, 1.807) is 6.08 Å². The fourth-order valence-corrected chi connectivity index (χ4v) is 4.29. The molecule has 0 amide bonds. The predicted octanol–water partition coefficient (Wildman–Crippen LogP) is -0.0658. The Morgan fingerprint density at radius 3 is 2.88 bits per heavy atom. The minimum Gasteiger partial charge on any atom is -0.370 e. The molecule has 172 valence electrons. The van der Waals surface area contributed by atoms with Crippen molar-refractivity contribution < 1.29 is 12.6 Å². The lowest BCUT2D eigenvalue weighted by atomic mass is 10.0. The third kappa shape index (κ3) is 5.34. The fourth-order valence-electron chi connectivity index (χ4n) is 3.81. The van der Waals surface area contributed by atoms with E-state index in [2.05, 4.69) is 45.1 Å². The lowest BCUT2D eigenvalue weighted by molar-refractivity contribution is 0.257. The molecule has 0 fully saturated rings. The molecule has 2 aliphatic heterocycles. The lowest BCUT2D eigenvalue weighted by Crippen LogP contribution is -2.50. The van der Waals surface area contributed by atoms with Gasteiger partial charge in [-0.2, -0.15) is 8.42 Å². The van der Waals surface area contributed by atoms with Gasteiger partial charge in [-0.15, -0.1) is 0 Å². The number of allylic oxidation sites excluding steroid dienone is 1. The van der Waals surface area contributed by atoms with Crippen molar-refractivity contribution in [1.29, 1.82) is 0 Å². The number of nitrogens with one attached hydrogen (secondary N) is 2. The Kier molecular flexibility index (Phi) is 6.58. The summed E-state index contributed by atoms with van der Waals surface area (Å²) in [4.78, 5) is 13.9. The van der Waals surface area contributed by atoms with Crippen molar-refractivity contribution in [2.75, 3.05) is 13.1 Å². The molecule has 0 radical (unpaired) electrons. The maximum absolute atomic E-state index is 11.1. The van der Waals surface area contributed by atoms with E-state index in [1.807, 2.05) is 24.7 Å². The molecule has 4 rings (SSSR count). The lowest BCUT2D eigenvalue weighted by Gasteiger charge is -2.24. The van der Waals surface area contributed by atoms with Crippen LogP contribution in [0.4, 0.5) is 0 Å². The standard InChI is InChI=1S/C21H29N7O3S/c1-14(2)28-13-25-18-20(26-19(27-21(18)28)16-4-3-10-23-12-16)24-11-9-15-5-7-17(8-6-15)31-32(22,29)30/h4-7,12-14,17,19,24,26H,3,8-11H2,1-2H3,(H2,22,29,30). The van der Waals surface area contributed by atoms with Gasteiger partial charge >= 0.3 is 10.3 Å². The van der Waals surface area contributed by atoms with Crippen LogP contribution in [0.2, 0.25) is 0 Å². The summed E-state index contributed by atoms with van der Waals surface area (Å²) < 4.78 is 29.0. The molecule has 10 nitrogen and oxygen atoms in total. The van der Waals surface area contributed by atoms with E-state index < -0.39 is 16.4 Å². The van der Waals surface area contributed by atoms with Gasteiger partial charge in [0.05, 0.1) is 6.33 Å². The molecule has 2 atom stereocenters. The third-order valence-corrected chi connectivity index (χ3v) is 5.91. The van der Waals surface area contributed by atoms with Gasteiger partial charge in [0.2, 0.25) is 0 Å². The average molecular weight is 460 g/mol. The molecule has 0 saturated heterocycles. The van der Waals surface area contributed by atoms with E-state index in [0.29, 0.717) is 13.0 Å². The highest BCUT2D eigenvalue weighted by atomic mass is 32.2. The van der Waals surface area contributed by atoms with Gasteiger partial charge in [0.1, 0.15) is 23.4 Å². The van der Waals surface area contributed by atoms with E-state index in [9.17, 15) is 8.42 Å². The van der Waals surface area contributed by atoms with Crippen LogP contribution >= 0.6 is 0 Å². The quantitative estimate of drug-likeness (QED) is 0.498. The molecule has 0 bridgehead atoms. The number of nitrogens with zero attached hydrogens (tertiary/aromatic N) is 4. The summed E-state index contributed by atoms with van der Waals surface area (Å²) in [5.74, 6) is 0.843. The fraction of sp³-hybridized carbons (Fsp3) is 0.476. The summed E-state index contributed by atoms with van der Waals surface area (Å²) in [6, 6.07) is 0.244. The molecule has 0 spiro atoms. The van der Waals surface area contributed by atoms with Crippen molar-refractivity contribution in [1.82, 2.24) is 20.2 Å². The highest BCUT2D eigenvalue weighted by Gasteiger charge is 2.21. The molecule has 1 aromatic rings.